The van der Waals surface area contributed by atoms with Crippen molar-refractivity contribution in [2.24, 2.45) is 0 Å². The molecular weight excluding hydrogens is 226 g/mol. The van der Waals surface area contributed by atoms with Crippen LogP contribution in [0.4, 0.5) is 5.69 Å². The summed E-state index contributed by atoms with van der Waals surface area (Å²) in [6.07, 6.45) is 0.550. The zero-order chi connectivity index (χ0) is 12.1. The van der Waals surface area contributed by atoms with Gasteiger partial charge in [0.25, 0.3) is 0 Å². The number of likely N-dealkylation sites (N-methyl/N-ethyl adjacent to an activating group) is 1. The third-order valence-corrected chi connectivity index (χ3v) is 2.87. The van der Waals surface area contributed by atoms with Gasteiger partial charge in [0.1, 0.15) is 6.04 Å². The van der Waals surface area contributed by atoms with Crippen molar-refractivity contribution in [3.05, 3.63) is 29.3 Å². The number of aliphatic carboxylic acids is 1. The van der Waals surface area contributed by atoms with E-state index in [9.17, 15) is 4.79 Å². The van der Waals surface area contributed by atoms with Crippen molar-refractivity contribution in [1.82, 2.24) is 0 Å². The van der Waals surface area contributed by atoms with E-state index in [1.807, 2.05) is 36.9 Å². The number of hydrogen-bond donors (Lipinski definition) is 1. The molecule has 0 aliphatic heterocycles. The largest absolute Gasteiger partial charge is 0.480 e. The number of halogens is 1. The first kappa shape index (κ1) is 12.8. The second kappa shape index (κ2) is 5.75. The van der Waals surface area contributed by atoms with Crippen molar-refractivity contribution >= 4 is 23.3 Å². The quantitative estimate of drug-likeness (QED) is 0.862. The second-order valence-corrected chi connectivity index (χ2v) is 3.91. The van der Waals surface area contributed by atoms with Crippen molar-refractivity contribution < 1.29 is 9.90 Å². The maximum absolute atomic E-state index is 11.1. The van der Waals surface area contributed by atoms with Gasteiger partial charge in [0.15, 0.2) is 0 Å². The first-order chi connectivity index (χ1) is 7.61. The molecule has 0 spiro atoms. The van der Waals surface area contributed by atoms with Crippen molar-refractivity contribution in [2.45, 2.75) is 26.3 Å². The van der Waals surface area contributed by atoms with Gasteiger partial charge in [-0.2, -0.15) is 0 Å². The molecule has 0 heterocycles. The molecule has 0 bridgehead atoms. The summed E-state index contributed by atoms with van der Waals surface area (Å²) in [6.45, 7) is 4.40. The zero-order valence-electron chi connectivity index (χ0n) is 9.48. The van der Waals surface area contributed by atoms with Gasteiger partial charge in [0, 0.05) is 6.54 Å². The topological polar surface area (TPSA) is 40.5 Å². The van der Waals surface area contributed by atoms with Crippen LogP contribution < -0.4 is 4.90 Å². The molecule has 1 N–H and O–H groups in total. The fourth-order valence-corrected chi connectivity index (χ4v) is 2.02. The number of rotatable bonds is 5. The fraction of sp³-hybridized carbons (Fsp3) is 0.417. The molecule has 88 valence electrons. The highest BCUT2D eigenvalue weighted by Gasteiger charge is 2.23. The van der Waals surface area contributed by atoms with Gasteiger partial charge in [-0.05, 0) is 25.5 Å². The number of anilines is 1. The zero-order valence-corrected chi connectivity index (χ0v) is 10.2. The summed E-state index contributed by atoms with van der Waals surface area (Å²) in [6, 6.07) is 6.79. The number of hydrogen-bond acceptors (Lipinski definition) is 2. The van der Waals surface area contributed by atoms with Crippen LogP contribution in [0.25, 0.3) is 0 Å². The van der Waals surface area contributed by atoms with E-state index in [2.05, 4.69) is 0 Å². The van der Waals surface area contributed by atoms with Crippen LogP contribution in [0, 0.1) is 0 Å². The van der Waals surface area contributed by atoms with E-state index < -0.39 is 12.0 Å². The van der Waals surface area contributed by atoms with E-state index in [4.69, 9.17) is 16.7 Å². The summed E-state index contributed by atoms with van der Waals surface area (Å²) in [4.78, 5) is 12.9. The van der Waals surface area contributed by atoms with Crippen LogP contribution in [0.1, 0.15) is 20.3 Å². The number of benzene rings is 1. The molecule has 0 aliphatic rings. The number of carboxylic acids is 1. The second-order valence-electron chi connectivity index (χ2n) is 3.50. The standard InChI is InChI=1S/C12H16ClNO2/c1-3-10(12(15)16)14(4-2)11-8-6-5-7-9(11)13/h5-8,10H,3-4H2,1-2H3,(H,15,16). The molecule has 1 aromatic carbocycles. The molecule has 16 heavy (non-hydrogen) atoms. The summed E-state index contributed by atoms with van der Waals surface area (Å²) >= 11 is 6.07. The van der Waals surface area contributed by atoms with E-state index in [1.54, 1.807) is 6.07 Å². The minimum Gasteiger partial charge on any atom is -0.480 e. The van der Waals surface area contributed by atoms with Crippen molar-refractivity contribution in [3.8, 4) is 0 Å². The van der Waals surface area contributed by atoms with Gasteiger partial charge in [-0.3, -0.25) is 0 Å². The van der Waals surface area contributed by atoms with Gasteiger partial charge in [-0.15, -0.1) is 0 Å². The fourth-order valence-electron chi connectivity index (χ4n) is 1.77. The maximum Gasteiger partial charge on any atom is 0.326 e. The molecule has 0 amide bonds. The van der Waals surface area contributed by atoms with E-state index in [1.165, 1.54) is 0 Å². The first-order valence-corrected chi connectivity index (χ1v) is 5.73. The summed E-state index contributed by atoms with van der Waals surface area (Å²) < 4.78 is 0. The van der Waals surface area contributed by atoms with Crippen LogP contribution in [0.15, 0.2) is 24.3 Å². The normalized spacial score (nSPS) is 12.2. The molecule has 0 aromatic heterocycles. The molecular formula is C12H16ClNO2. The Bertz CT molecular complexity index is 368. The molecule has 3 nitrogen and oxygen atoms in total. The Kier molecular flexibility index (Phi) is 4.62. The Balaban J connectivity index is 3.06. The Morgan fingerprint density at radius 3 is 2.50 bits per heavy atom. The van der Waals surface area contributed by atoms with Crippen LogP contribution in [0.2, 0.25) is 5.02 Å². The van der Waals surface area contributed by atoms with Crippen LogP contribution >= 0.6 is 11.6 Å². The molecule has 0 fully saturated rings. The Hall–Kier alpha value is -1.22. The Morgan fingerprint density at radius 2 is 2.06 bits per heavy atom. The Morgan fingerprint density at radius 1 is 1.44 bits per heavy atom. The number of nitrogens with zero attached hydrogens (tertiary/aromatic N) is 1. The van der Waals surface area contributed by atoms with E-state index in [0.29, 0.717) is 18.0 Å². The third kappa shape index (κ3) is 2.67. The number of carboxylic acid groups (broad SMARTS) is 1. The molecule has 0 aliphatic carbocycles. The highest BCUT2D eigenvalue weighted by molar-refractivity contribution is 6.33. The molecule has 1 atom stereocenters. The highest BCUT2D eigenvalue weighted by atomic mass is 35.5. The summed E-state index contributed by atoms with van der Waals surface area (Å²) in [5, 5.41) is 9.73. The Labute approximate surface area is 101 Å². The molecule has 1 unspecified atom stereocenters. The van der Waals surface area contributed by atoms with E-state index >= 15 is 0 Å². The van der Waals surface area contributed by atoms with Crippen molar-refractivity contribution in [1.29, 1.82) is 0 Å². The van der Waals surface area contributed by atoms with Crippen LogP contribution in [0.3, 0.4) is 0 Å². The SMILES string of the molecule is CCC(C(=O)O)N(CC)c1ccccc1Cl. The summed E-state index contributed by atoms with van der Waals surface area (Å²) in [7, 11) is 0. The lowest BCUT2D eigenvalue weighted by Crippen LogP contribution is -2.41. The first-order valence-electron chi connectivity index (χ1n) is 5.35. The van der Waals surface area contributed by atoms with Gasteiger partial charge >= 0.3 is 5.97 Å². The van der Waals surface area contributed by atoms with Gasteiger partial charge in [-0.1, -0.05) is 30.7 Å². The van der Waals surface area contributed by atoms with E-state index in [0.717, 1.165) is 5.69 Å². The van der Waals surface area contributed by atoms with Gasteiger partial charge in [0.05, 0.1) is 10.7 Å². The maximum atomic E-state index is 11.1. The van der Waals surface area contributed by atoms with Crippen molar-refractivity contribution in [2.75, 3.05) is 11.4 Å². The number of carbonyl (C=O) groups is 1. The monoisotopic (exact) mass is 241 g/mol. The predicted octanol–water partition coefficient (Wildman–Crippen LogP) is 3.03. The molecule has 0 radical (unpaired) electrons. The summed E-state index contributed by atoms with van der Waals surface area (Å²) in [5.74, 6) is -0.815. The molecule has 0 saturated carbocycles. The average molecular weight is 242 g/mol. The van der Waals surface area contributed by atoms with Gasteiger partial charge in [-0.25, -0.2) is 4.79 Å². The van der Waals surface area contributed by atoms with Crippen molar-refractivity contribution in [3.63, 3.8) is 0 Å². The third-order valence-electron chi connectivity index (χ3n) is 2.55. The molecule has 4 heteroatoms. The van der Waals surface area contributed by atoms with Gasteiger partial charge < -0.3 is 10.0 Å². The van der Waals surface area contributed by atoms with Crippen LogP contribution in [0.5, 0.6) is 0 Å². The minimum absolute atomic E-state index is 0.523. The lowest BCUT2D eigenvalue weighted by molar-refractivity contribution is -0.138. The van der Waals surface area contributed by atoms with E-state index in [-0.39, 0.29) is 0 Å². The average Bonchev–Trinajstić information content (AvgIpc) is 2.26. The molecule has 1 rings (SSSR count). The van der Waals surface area contributed by atoms with Crippen LogP contribution in [-0.4, -0.2) is 23.7 Å². The smallest absolute Gasteiger partial charge is 0.326 e. The lowest BCUT2D eigenvalue weighted by atomic mass is 10.1. The minimum atomic E-state index is -0.815. The predicted molar refractivity (Wildman–Crippen MR) is 66.2 cm³/mol. The van der Waals surface area contributed by atoms with Crippen LogP contribution in [-0.2, 0) is 4.79 Å². The van der Waals surface area contributed by atoms with Gasteiger partial charge in [0.2, 0.25) is 0 Å². The molecule has 1 aromatic rings. The highest BCUT2D eigenvalue weighted by Crippen LogP contribution is 2.27. The molecule has 0 saturated heterocycles. The number of para-hydroxylation sites is 1. The lowest BCUT2D eigenvalue weighted by Gasteiger charge is -2.29. The summed E-state index contributed by atoms with van der Waals surface area (Å²) in [5.41, 5.74) is 0.779.